The van der Waals surface area contributed by atoms with Gasteiger partial charge in [0.1, 0.15) is 23.7 Å². The quantitative estimate of drug-likeness (QED) is 0.554. The molecular formula is C21H19ClN2O5. The molecule has 1 aliphatic heterocycles. The van der Waals surface area contributed by atoms with E-state index in [0.29, 0.717) is 28.7 Å². The highest BCUT2D eigenvalue weighted by atomic mass is 35.5. The van der Waals surface area contributed by atoms with E-state index in [9.17, 15) is 14.4 Å². The van der Waals surface area contributed by atoms with Crippen molar-refractivity contribution in [2.24, 2.45) is 0 Å². The van der Waals surface area contributed by atoms with Gasteiger partial charge in [0.2, 0.25) is 0 Å². The standard InChI is InChI=1S/C21H19ClN2O5/c1-23-19(25)16(20(26)24(2)21(23)27)10-13-4-7-15(8-5-13)29-12-14-6-9-17(22)18(11-14)28-3/h4-11H,12H2,1-3H3. The number of methoxy groups -OCH3 is 1. The summed E-state index contributed by atoms with van der Waals surface area (Å²) in [5.41, 5.74) is 1.46. The second-order valence-corrected chi connectivity index (χ2v) is 6.80. The minimum atomic E-state index is -0.653. The fourth-order valence-corrected chi connectivity index (χ4v) is 2.96. The first-order valence-corrected chi connectivity index (χ1v) is 9.06. The Labute approximate surface area is 173 Å². The number of halogens is 1. The second kappa shape index (κ2) is 8.36. The predicted molar refractivity (Wildman–Crippen MR) is 108 cm³/mol. The Bertz CT molecular complexity index is 975. The van der Waals surface area contributed by atoms with Gasteiger partial charge in [-0.05, 0) is 41.5 Å². The van der Waals surface area contributed by atoms with Crippen molar-refractivity contribution in [1.29, 1.82) is 0 Å². The van der Waals surface area contributed by atoms with E-state index in [-0.39, 0.29) is 5.57 Å². The Balaban J connectivity index is 1.72. The zero-order valence-electron chi connectivity index (χ0n) is 16.1. The third kappa shape index (κ3) is 4.25. The van der Waals surface area contributed by atoms with Gasteiger partial charge in [-0.15, -0.1) is 0 Å². The zero-order chi connectivity index (χ0) is 21.1. The summed E-state index contributed by atoms with van der Waals surface area (Å²) in [5, 5.41) is 0.526. The van der Waals surface area contributed by atoms with Gasteiger partial charge in [-0.1, -0.05) is 29.8 Å². The number of urea groups is 1. The molecule has 29 heavy (non-hydrogen) atoms. The van der Waals surface area contributed by atoms with E-state index >= 15 is 0 Å². The van der Waals surface area contributed by atoms with E-state index in [1.807, 2.05) is 6.07 Å². The lowest BCUT2D eigenvalue weighted by molar-refractivity contribution is -0.134. The van der Waals surface area contributed by atoms with Gasteiger partial charge in [-0.3, -0.25) is 19.4 Å². The fraction of sp³-hybridized carbons (Fsp3) is 0.190. The number of benzene rings is 2. The van der Waals surface area contributed by atoms with Gasteiger partial charge in [-0.2, -0.15) is 0 Å². The molecule has 7 nitrogen and oxygen atoms in total. The monoisotopic (exact) mass is 414 g/mol. The number of hydrogen-bond acceptors (Lipinski definition) is 5. The Morgan fingerprint density at radius 3 is 2.17 bits per heavy atom. The fourth-order valence-electron chi connectivity index (χ4n) is 2.76. The molecule has 4 amide bonds. The number of ether oxygens (including phenoxy) is 2. The van der Waals surface area contributed by atoms with Gasteiger partial charge in [0.15, 0.2) is 0 Å². The molecule has 1 heterocycles. The highest BCUT2D eigenvalue weighted by Gasteiger charge is 2.37. The molecule has 2 aromatic carbocycles. The maximum atomic E-state index is 12.2. The molecule has 0 bridgehead atoms. The van der Waals surface area contributed by atoms with Crippen molar-refractivity contribution in [2.45, 2.75) is 6.61 Å². The number of hydrogen-bond donors (Lipinski definition) is 0. The van der Waals surface area contributed by atoms with Gasteiger partial charge >= 0.3 is 6.03 Å². The molecule has 2 aromatic rings. The second-order valence-electron chi connectivity index (χ2n) is 6.40. The van der Waals surface area contributed by atoms with Crippen molar-refractivity contribution < 1.29 is 23.9 Å². The minimum Gasteiger partial charge on any atom is -0.495 e. The number of imide groups is 2. The first-order chi connectivity index (χ1) is 13.8. The maximum absolute atomic E-state index is 12.2. The number of carbonyl (C=O) groups is 3. The van der Waals surface area contributed by atoms with Crippen molar-refractivity contribution in [3.8, 4) is 11.5 Å². The number of carbonyl (C=O) groups excluding carboxylic acids is 3. The number of likely N-dealkylation sites (N-methyl/N-ethyl adjacent to an activating group) is 2. The van der Waals surface area contributed by atoms with Crippen LogP contribution in [0.25, 0.3) is 6.08 Å². The Kier molecular flexibility index (Phi) is 5.89. The Morgan fingerprint density at radius 1 is 0.966 bits per heavy atom. The van der Waals surface area contributed by atoms with Crippen LogP contribution in [-0.2, 0) is 16.2 Å². The summed E-state index contributed by atoms with van der Waals surface area (Å²) in [4.78, 5) is 38.1. The molecule has 150 valence electrons. The molecule has 0 saturated carbocycles. The van der Waals surface area contributed by atoms with Crippen molar-refractivity contribution in [1.82, 2.24) is 9.80 Å². The summed E-state index contributed by atoms with van der Waals surface area (Å²) in [7, 11) is 4.22. The number of barbiturate groups is 1. The molecule has 0 aromatic heterocycles. The molecule has 0 atom stereocenters. The average molecular weight is 415 g/mol. The van der Waals surface area contributed by atoms with Crippen LogP contribution in [0.2, 0.25) is 5.02 Å². The summed E-state index contributed by atoms with van der Waals surface area (Å²) in [6.45, 7) is 0.322. The van der Waals surface area contributed by atoms with Crippen molar-refractivity contribution in [3.05, 3.63) is 64.2 Å². The van der Waals surface area contributed by atoms with E-state index in [0.717, 1.165) is 15.4 Å². The van der Waals surface area contributed by atoms with Crippen LogP contribution in [0.5, 0.6) is 11.5 Å². The summed E-state index contributed by atoms with van der Waals surface area (Å²) in [6.07, 6.45) is 1.46. The van der Waals surface area contributed by atoms with Crippen molar-refractivity contribution in [3.63, 3.8) is 0 Å². The predicted octanol–water partition coefficient (Wildman–Crippen LogP) is 3.36. The lowest BCUT2D eigenvalue weighted by Crippen LogP contribution is -2.52. The van der Waals surface area contributed by atoms with E-state index in [1.165, 1.54) is 20.2 Å². The summed E-state index contributed by atoms with van der Waals surface area (Å²) in [6, 6.07) is 11.6. The molecule has 0 spiro atoms. The van der Waals surface area contributed by atoms with Crippen LogP contribution in [0, 0.1) is 0 Å². The first-order valence-electron chi connectivity index (χ1n) is 8.69. The topological polar surface area (TPSA) is 76.2 Å². The normalized spacial score (nSPS) is 14.3. The van der Waals surface area contributed by atoms with Crippen LogP contribution in [0.1, 0.15) is 11.1 Å². The largest absolute Gasteiger partial charge is 0.495 e. The van der Waals surface area contributed by atoms with Crippen LogP contribution in [0.4, 0.5) is 4.79 Å². The minimum absolute atomic E-state index is 0.0727. The van der Waals surface area contributed by atoms with Gasteiger partial charge in [0.25, 0.3) is 11.8 Å². The van der Waals surface area contributed by atoms with Gasteiger partial charge in [0.05, 0.1) is 12.1 Å². The van der Waals surface area contributed by atoms with Crippen LogP contribution >= 0.6 is 11.6 Å². The SMILES string of the molecule is COc1cc(COc2ccc(C=C3C(=O)N(C)C(=O)N(C)C3=O)cc2)ccc1Cl. The van der Waals surface area contributed by atoms with Crippen LogP contribution in [0.15, 0.2) is 48.0 Å². The van der Waals surface area contributed by atoms with Gasteiger partial charge in [-0.25, -0.2) is 4.79 Å². The molecule has 1 aliphatic rings. The molecule has 0 radical (unpaired) electrons. The molecule has 0 aliphatic carbocycles. The third-order valence-electron chi connectivity index (χ3n) is 4.46. The highest BCUT2D eigenvalue weighted by molar-refractivity contribution is 6.32. The van der Waals surface area contributed by atoms with Crippen LogP contribution < -0.4 is 9.47 Å². The molecular weight excluding hydrogens is 396 g/mol. The number of nitrogens with zero attached hydrogens (tertiary/aromatic N) is 2. The third-order valence-corrected chi connectivity index (χ3v) is 4.77. The van der Waals surface area contributed by atoms with Crippen molar-refractivity contribution >= 4 is 35.5 Å². The highest BCUT2D eigenvalue weighted by Crippen LogP contribution is 2.26. The molecule has 1 fully saturated rings. The molecule has 3 rings (SSSR count). The number of amides is 4. The van der Waals surface area contributed by atoms with E-state index in [2.05, 4.69) is 0 Å². The molecule has 1 saturated heterocycles. The maximum Gasteiger partial charge on any atom is 0.333 e. The molecule has 8 heteroatoms. The molecule has 0 N–H and O–H groups in total. The van der Waals surface area contributed by atoms with Crippen molar-refractivity contribution in [2.75, 3.05) is 21.2 Å². The van der Waals surface area contributed by atoms with Crippen LogP contribution in [0.3, 0.4) is 0 Å². The van der Waals surface area contributed by atoms with Gasteiger partial charge < -0.3 is 9.47 Å². The smallest absolute Gasteiger partial charge is 0.333 e. The molecule has 0 unspecified atom stereocenters. The van der Waals surface area contributed by atoms with Crippen LogP contribution in [-0.4, -0.2) is 48.9 Å². The Hall–Kier alpha value is -3.32. The lowest BCUT2D eigenvalue weighted by Gasteiger charge is -2.28. The Morgan fingerprint density at radius 2 is 1.59 bits per heavy atom. The zero-order valence-corrected chi connectivity index (χ0v) is 16.9. The summed E-state index contributed by atoms with van der Waals surface area (Å²) >= 11 is 6.01. The van der Waals surface area contributed by atoms with E-state index in [1.54, 1.807) is 43.5 Å². The summed E-state index contributed by atoms with van der Waals surface area (Å²) in [5.74, 6) is -0.0676. The average Bonchev–Trinajstić information content (AvgIpc) is 2.74. The first kappa shape index (κ1) is 20.4. The van der Waals surface area contributed by atoms with E-state index in [4.69, 9.17) is 21.1 Å². The lowest BCUT2D eigenvalue weighted by atomic mass is 10.1. The van der Waals surface area contributed by atoms with E-state index < -0.39 is 17.8 Å². The number of rotatable bonds is 5. The summed E-state index contributed by atoms with van der Waals surface area (Å²) < 4.78 is 10.9. The van der Waals surface area contributed by atoms with Gasteiger partial charge in [0, 0.05) is 14.1 Å².